The quantitative estimate of drug-likeness (QED) is 0.711. The molecule has 0 bridgehead atoms. The number of sulfonamides is 1. The van der Waals surface area contributed by atoms with Crippen molar-refractivity contribution in [1.82, 2.24) is 5.06 Å². The van der Waals surface area contributed by atoms with E-state index >= 15 is 0 Å². The number of rotatable bonds is 5. The van der Waals surface area contributed by atoms with Crippen molar-refractivity contribution in [1.29, 1.82) is 0 Å². The maximum absolute atomic E-state index is 12.6. The van der Waals surface area contributed by atoms with Gasteiger partial charge in [0.15, 0.2) is 0 Å². The third kappa shape index (κ3) is 3.88. The number of hydrogen-bond donors (Lipinski definition) is 2. The van der Waals surface area contributed by atoms with E-state index in [0.717, 1.165) is 5.06 Å². The van der Waals surface area contributed by atoms with Gasteiger partial charge >= 0.3 is 0 Å². The van der Waals surface area contributed by atoms with Gasteiger partial charge in [-0.1, -0.05) is 6.08 Å². The fourth-order valence-electron chi connectivity index (χ4n) is 2.24. The summed E-state index contributed by atoms with van der Waals surface area (Å²) in [4.78, 5) is 19.3. The number of nitrogens with zero attached hydrogens (tertiary/aromatic N) is 2. The van der Waals surface area contributed by atoms with Crippen LogP contribution < -0.4 is 10.0 Å². The van der Waals surface area contributed by atoms with Crippen LogP contribution in [-0.2, 0) is 14.9 Å². The van der Waals surface area contributed by atoms with Crippen molar-refractivity contribution in [2.24, 2.45) is 5.14 Å². The fourth-order valence-corrected chi connectivity index (χ4v) is 2.78. The molecule has 0 spiro atoms. The van der Waals surface area contributed by atoms with Gasteiger partial charge in [-0.25, -0.2) is 18.6 Å². The highest BCUT2D eigenvalue weighted by atomic mass is 32.2. The fraction of sp³-hybridized carbons (Fsp3) is 0.357. The Kier molecular flexibility index (Phi) is 5.05. The highest BCUT2D eigenvalue weighted by Gasteiger charge is 2.29. The highest BCUT2D eigenvalue weighted by molar-refractivity contribution is 7.89. The van der Waals surface area contributed by atoms with Crippen LogP contribution in [0, 0.1) is 0 Å². The third-order valence-corrected chi connectivity index (χ3v) is 4.28. The van der Waals surface area contributed by atoms with Gasteiger partial charge in [0.2, 0.25) is 10.0 Å². The second-order valence-electron chi connectivity index (χ2n) is 5.21. The number of benzene rings is 1. The second kappa shape index (κ2) is 6.67. The number of aliphatic hydroxyl groups excluding tert-OH is 1. The molecule has 8 nitrogen and oxygen atoms in total. The predicted octanol–water partition coefficient (Wildman–Crippen LogP) is -0.296. The maximum Gasteiger partial charge on any atom is 0.279 e. The lowest BCUT2D eigenvalue weighted by Crippen LogP contribution is -2.31. The number of aliphatic hydroxyl groups is 1. The molecule has 1 aromatic carbocycles. The van der Waals surface area contributed by atoms with Crippen LogP contribution in [-0.4, -0.2) is 57.3 Å². The molecule has 1 aliphatic rings. The van der Waals surface area contributed by atoms with Crippen LogP contribution in [0.5, 0.6) is 0 Å². The van der Waals surface area contributed by atoms with E-state index in [1.54, 1.807) is 18.0 Å². The molecule has 9 heteroatoms. The van der Waals surface area contributed by atoms with E-state index < -0.39 is 22.0 Å². The summed E-state index contributed by atoms with van der Waals surface area (Å²) in [6, 6.07) is 4.05. The molecule has 1 aliphatic heterocycles. The molecule has 2 rings (SSSR count). The van der Waals surface area contributed by atoms with Gasteiger partial charge in [0, 0.05) is 19.3 Å². The number of hydrogen-bond acceptors (Lipinski definition) is 6. The first-order valence-corrected chi connectivity index (χ1v) is 8.40. The Morgan fingerprint density at radius 3 is 2.83 bits per heavy atom. The third-order valence-electron chi connectivity index (χ3n) is 3.37. The summed E-state index contributed by atoms with van der Waals surface area (Å²) in [6.07, 6.45) is 0.882. The molecule has 23 heavy (non-hydrogen) atoms. The average Bonchev–Trinajstić information content (AvgIpc) is 2.91. The first kappa shape index (κ1) is 17.4. The Labute approximate surface area is 134 Å². The molecule has 0 aliphatic carbocycles. The summed E-state index contributed by atoms with van der Waals surface area (Å²) in [5.74, 6) is -0.544. The van der Waals surface area contributed by atoms with E-state index in [2.05, 4.69) is 6.58 Å². The smallest absolute Gasteiger partial charge is 0.279 e. The van der Waals surface area contributed by atoms with Gasteiger partial charge in [0.05, 0.1) is 17.0 Å². The molecule has 0 radical (unpaired) electrons. The lowest BCUT2D eigenvalue weighted by atomic mass is 10.1. The number of amides is 1. The minimum atomic E-state index is -3.95. The molecular weight excluding hydrogens is 322 g/mol. The Hall–Kier alpha value is -1.94. The van der Waals surface area contributed by atoms with Crippen LogP contribution in [0.25, 0.3) is 0 Å². The molecule has 126 valence electrons. The zero-order valence-corrected chi connectivity index (χ0v) is 13.5. The summed E-state index contributed by atoms with van der Waals surface area (Å²) in [6.45, 7) is 4.12. The maximum atomic E-state index is 12.6. The molecule has 3 N–H and O–H groups in total. The Balaban J connectivity index is 2.47. The molecule has 0 unspecified atom stereocenters. The van der Waals surface area contributed by atoms with Crippen LogP contribution >= 0.6 is 0 Å². The topological polar surface area (TPSA) is 113 Å². The molecule has 1 heterocycles. The molecule has 1 fully saturated rings. The number of carbonyl (C=O) groups excluding carboxylic acids is 1. The molecule has 1 saturated heterocycles. The van der Waals surface area contributed by atoms with Crippen LogP contribution in [0.15, 0.2) is 35.7 Å². The van der Waals surface area contributed by atoms with Crippen molar-refractivity contribution >= 4 is 21.6 Å². The van der Waals surface area contributed by atoms with E-state index in [1.165, 1.54) is 18.2 Å². The van der Waals surface area contributed by atoms with E-state index in [4.69, 9.17) is 9.98 Å². The number of hydroxylamine groups is 2. The number of primary sulfonamides is 1. The first-order valence-electron chi connectivity index (χ1n) is 6.85. The monoisotopic (exact) mass is 341 g/mol. The lowest BCUT2D eigenvalue weighted by molar-refractivity contribution is -0.0779. The van der Waals surface area contributed by atoms with Crippen LogP contribution in [0.2, 0.25) is 0 Å². The Morgan fingerprint density at radius 1 is 1.61 bits per heavy atom. The summed E-state index contributed by atoms with van der Waals surface area (Å²) in [7, 11) is -2.21. The van der Waals surface area contributed by atoms with Gasteiger partial charge in [-0.05, 0) is 18.2 Å². The number of anilines is 1. The number of carbonyl (C=O) groups is 1. The Morgan fingerprint density at radius 2 is 2.30 bits per heavy atom. The van der Waals surface area contributed by atoms with Crippen LogP contribution in [0.1, 0.15) is 10.4 Å². The number of nitrogens with two attached hydrogens (primary N) is 1. The molecule has 0 saturated carbocycles. The van der Waals surface area contributed by atoms with E-state index in [1.807, 2.05) is 0 Å². The summed E-state index contributed by atoms with van der Waals surface area (Å²) >= 11 is 0. The summed E-state index contributed by atoms with van der Waals surface area (Å²) in [5, 5.41) is 15.6. The zero-order valence-electron chi connectivity index (χ0n) is 12.7. The van der Waals surface area contributed by atoms with E-state index in [0.29, 0.717) is 12.2 Å². The van der Waals surface area contributed by atoms with Gasteiger partial charge in [0.25, 0.3) is 5.91 Å². The molecular formula is C14H19N3O5S. The largest absolute Gasteiger partial charge is 0.389 e. The molecule has 0 aromatic heterocycles. The minimum Gasteiger partial charge on any atom is -0.389 e. The normalized spacial score (nSPS) is 18.0. The highest BCUT2D eigenvalue weighted by Crippen LogP contribution is 2.25. The van der Waals surface area contributed by atoms with Gasteiger partial charge in [-0.15, -0.1) is 6.58 Å². The first-order chi connectivity index (χ1) is 10.7. The van der Waals surface area contributed by atoms with Crippen molar-refractivity contribution in [2.45, 2.75) is 11.0 Å². The zero-order chi connectivity index (χ0) is 17.2. The van der Waals surface area contributed by atoms with Crippen LogP contribution in [0.3, 0.4) is 0 Å². The summed E-state index contributed by atoms with van der Waals surface area (Å²) in [5.41, 5.74) is 0.627. The molecule has 1 aromatic rings. The SMILES string of the molecule is C=CCN(C)c1ccc(S(N)(=O)=O)cc1C(=O)N1C[C@@H](O)CO1. The average molecular weight is 341 g/mol. The molecule has 1 amide bonds. The van der Waals surface area contributed by atoms with Gasteiger partial charge < -0.3 is 10.0 Å². The van der Waals surface area contributed by atoms with E-state index in [-0.39, 0.29) is 23.6 Å². The Bertz CT molecular complexity index is 719. The van der Waals surface area contributed by atoms with Crippen LogP contribution in [0.4, 0.5) is 5.69 Å². The van der Waals surface area contributed by atoms with Gasteiger partial charge in [0.1, 0.15) is 12.7 Å². The van der Waals surface area contributed by atoms with Crippen molar-refractivity contribution in [2.75, 3.05) is 31.6 Å². The predicted molar refractivity (Wildman–Crippen MR) is 84.3 cm³/mol. The van der Waals surface area contributed by atoms with E-state index in [9.17, 15) is 18.3 Å². The standard InChI is InChI=1S/C14H19N3O5S/c1-3-6-16(2)13-5-4-11(23(15,20)21)7-12(13)14(19)17-8-10(18)9-22-17/h3-5,7,10,18H,1,6,8-9H2,2H3,(H2,15,20,21)/t10-/m1/s1. The van der Waals surface area contributed by atoms with Crippen molar-refractivity contribution in [3.05, 3.63) is 36.4 Å². The minimum absolute atomic E-state index is 0.0123. The summed E-state index contributed by atoms with van der Waals surface area (Å²) < 4.78 is 23.1. The lowest BCUT2D eigenvalue weighted by Gasteiger charge is -2.23. The van der Waals surface area contributed by atoms with Crippen molar-refractivity contribution < 1.29 is 23.2 Å². The van der Waals surface area contributed by atoms with Gasteiger partial charge in [-0.2, -0.15) is 0 Å². The molecule has 1 atom stereocenters. The second-order valence-corrected chi connectivity index (χ2v) is 6.77. The number of β-amino-alcohol motifs (C(OH)–C–C–N with tert-alkyl or cyclic N) is 1. The van der Waals surface area contributed by atoms with Crippen molar-refractivity contribution in [3.63, 3.8) is 0 Å². The number of likely N-dealkylation sites (N-methyl/N-ethyl adjacent to an activating group) is 1. The van der Waals surface area contributed by atoms with Gasteiger partial charge in [-0.3, -0.25) is 9.63 Å². The van der Waals surface area contributed by atoms with Crippen molar-refractivity contribution in [3.8, 4) is 0 Å².